The molecule has 0 fully saturated rings. The summed E-state index contributed by atoms with van der Waals surface area (Å²) in [6.07, 6.45) is 17.1. The van der Waals surface area contributed by atoms with Crippen molar-refractivity contribution in [2.75, 3.05) is 6.61 Å². The molecule has 7 heteroatoms. The van der Waals surface area contributed by atoms with Crippen LogP contribution in [0, 0.1) is 0 Å². The predicted molar refractivity (Wildman–Crippen MR) is 89.8 cm³/mol. The zero-order valence-corrected chi connectivity index (χ0v) is 14.8. The molecule has 23 heavy (non-hydrogen) atoms. The zero-order valence-electron chi connectivity index (χ0n) is 14.0. The van der Waals surface area contributed by atoms with Crippen molar-refractivity contribution < 1.29 is 26.6 Å². The molecule has 0 aromatic rings. The minimum atomic E-state index is -4.47. The molecule has 0 radical (unpaired) electrons. The van der Waals surface area contributed by atoms with Crippen molar-refractivity contribution in [3.8, 4) is 0 Å². The summed E-state index contributed by atoms with van der Waals surface area (Å²) in [7, 11) is -4.47. The van der Waals surface area contributed by atoms with Gasteiger partial charge in [0.1, 0.15) is 25.0 Å². The van der Waals surface area contributed by atoms with Crippen LogP contribution in [-0.2, 0) is 24.1 Å². The van der Waals surface area contributed by atoms with Gasteiger partial charge in [0.05, 0.1) is 6.61 Å². The van der Waals surface area contributed by atoms with Crippen molar-refractivity contribution in [1.82, 2.24) is 0 Å². The van der Waals surface area contributed by atoms with Crippen LogP contribution in [0.2, 0.25) is 0 Å². The summed E-state index contributed by atoms with van der Waals surface area (Å²) in [6.45, 7) is 2.86. The third kappa shape index (κ3) is 20.8. The monoisotopic (exact) mass is 350 g/mol. The van der Waals surface area contributed by atoms with E-state index in [0.29, 0.717) is 12.9 Å². The highest BCUT2D eigenvalue weighted by Gasteiger charge is 1.98. The lowest BCUT2D eigenvalue weighted by Crippen LogP contribution is -1.96. The van der Waals surface area contributed by atoms with Gasteiger partial charge in [0.2, 0.25) is 0 Å². The third-order valence-electron chi connectivity index (χ3n) is 3.16. The molecule has 0 aromatic carbocycles. The van der Waals surface area contributed by atoms with E-state index < -0.39 is 10.4 Å². The van der Waals surface area contributed by atoms with E-state index in [1.54, 1.807) is 0 Å². The summed E-state index contributed by atoms with van der Waals surface area (Å²) < 4.78 is 42.4. The normalized spacial score (nSPS) is 12.1. The molecule has 0 saturated carbocycles. The summed E-state index contributed by atoms with van der Waals surface area (Å²) in [5, 5.41) is 0. The highest BCUT2D eigenvalue weighted by molar-refractivity contribution is 7.81. The van der Waals surface area contributed by atoms with Crippen molar-refractivity contribution in [1.29, 1.82) is 0 Å². The fraction of sp³-hybridized carbons (Fsp3) is 0.750. The highest BCUT2D eigenvalue weighted by Crippen LogP contribution is 2.10. The van der Waals surface area contributed by atoms with Crippen molar-refractivity contribution >= 4 is 10.4 Å². The fourth-order valence-electron chi connectivity index (χ4n) is 1.98. The molecule has 0 aliphatic rings. The molecule has 0 unspecified atom stereocenters. The molecule has 1 N–H and O–H groups in total. The molecular formula is C16H30O6S. The summed E-state index contributed by atoms with van der Waals surface area (Å²) in [5.74, 6) is 0. The van der Waals surface area contributed by atoms with Crippen molar-refractivity contribution in [3.63, 3.8) is 0 Å². The van der Waals surface area contributed by atoms with E-state index in [1.807, 2.05) is 0 Å². The van der Waals surface area contributed by atoms with Crippen molar-refractivity contribution in [2.45, 2.75) is 71.1 Å². The van der Waals surface area contributed by atoms with Crippen LogP contribution in [0.1, 0.15) is 71.1 Å². The molecule has 0 spiro atoms. The standard InChI is InChI=1S/C16H30O6S/c1-2-3-4-5-6-7-8-9-10-11-12-20-13-14-21-15-16-22-23(17,18)19/h13-16H,2-12H2,1H3,(H,17,18,19)/b14-13+,16-15+. The van der Waals surface area contributed by atoms with Crippen LogP contribution < -0.4 is 0 Å². The molecule has 0 atom stereocenters. The van der Waals surface area contributed by atoms with Crippen LogP contribution in [0.15, 0.2) is 25.0 Å². The smallest absolute Gasteiger partial charge is 0.446 e. The Bertz CT molecular complexity index is 403. The summed E-state index contributed by atoms with van der Waals surface area (Å²) in [4.78, 5) is 0. The molecule has 6 nitrogen and oxygen atoms in total. The summed E-state index contributed by atoms with van der Waals surface area (Å²) >= 11 is 0. The molecule has 0 saturated heterocycles. The lowest BCUT2D eigenvalue weighted by molar-refractivity contribution is 0.226. The van der Waals surface area contributed by atoms with Crippen LogP contribution >= 0.6 is 0 Å². The van der Waals surface area contributed by atoms with Crippen LogP contribution in [0.4, 0.5) is 0 Å². The fourth-order valence-corrected chi connectivity index (χ4v) is 2.17. The molecular weight excluding hydrogens is 320 g/mol. The van der Waals surface area contributed by atoms with E-state index in [2.05, 4.69) is 11.1 Å². The van der Waals surface area contributed by atoms with Gasteiger partial charge >= 0.3 is 10.4 Å². The summed E-state index contributed by atoms with van der Waals surface area (Å²) in [5.41, 5.74) is 0. The molecule has 0 aliphatic carbocycles. The maximum atomic E-state index is 10.2. The molecule has 136 valence electrons. The van der Waals surface area contributed by atoms with Crippen LogP contribution in [0.25, 0.3) is 0 Å². The number of rotatable bonds is 16. The van der Waals surface area contributed by atoms with E-state index in [4.69, 9.17) is 14.0 Å². The molecule has 0 rings (SSSR count). The van der Waals surface area contributed by atoms with Gasteiger partial charge < -0.3 is 13.7 Å². The zero-order chi connectivity index (χ0) is 17.2. The van der Waals surface area contributed by atoms with Gasteiger partial charge in [0.15, 0.2) is 0 Å². The van der Waals surface area contributed by atoms with E-state index >= 15 is 0 Å². The highest BCUT2D eigenvalue weighted by atomic mass is 32.3. The number of hydrogen-bond acceptors (Lipinski definition) is 5. The largest absolute Gasteiger partial charge is 0.498 e. The van der Waals surface area contributed by atoms with Crippen LogP contribution in [-0.4, -0.2) is 19.6 Å². The Labute approximate surface area is 140 Å². The second-order valence-corrected chi connectivity index (χ2v) is 6.31. The van der Waals surface area contributed by atoms with Gasteiger partial charge in [-0.2, -0.15) is 8.42 Å². The van der Waals surface area contributed by atoms with Crippen LogP contribution in [0.3, 0.4) is 0 Å². The topological polar surface area (TPSA) is 82.1 Å². The first-order valence-electron chi connectivity index (χ1n) is 8.29. The Morgan fingerprint density at radius 2 is 1.30 bits per heavy atom. The number of ether oxygens (including phenoxy) is 2. The predicted octanol–water partition coefficient (Wildman–Crippen LogP) is 4.70. The van der Waals surface area contributed by atoms with E-state index in [1.165, 1.54) is 63.9 Å². The minimum Gasteiger partial charge on any atom is -0.498 e. The second-order valence-electron chi connectivity index (χ2n) is 5.26. The Morgan fingerprint density at radius 3 is 1.87 bits per heavy atom. The third-order valence-corrected chi connectivity index (χ3v) is 3.51. The lowest BCUT2D eigenvalue weighted by atomic mass is 10.1. The average Bonchev–Trinajstić information content (AvgIpc) is 2.49. The van der Waals surface area contributed by atoms with Gasteiger partial charge in [0, 0.05) is 0 Å². The van der Waals surface area contributed by atoms with Crippen LogP contribution in [0.5, 0.6) is 0 Å². The Kier molecular flexibility index (Phi) is 14.9. The maximum absolute atomic E-state index is 10.2. The van der Waals surface area contributed by atoms with Gasteiger partial charge in [-0.15, -0.1) is 0 Å². The van der Waals surface area contributed by atoms with Crippen molar-refractivity contribution in [3.05, 3.63) is 25.0 Å². The van der Waals surface area contributed by atoms with Crippen molar-refractivity contribution in [2.24, 2.45) is 0 Å². The Balaban J connectivity index is 3.22. The Morgan fingerprint density at radius 1 is 0.783 bits per heavy atom. The van der Waals surface area contributed by atoms with Gasteiger partial charge in [0.25, 0.3) is 0 Å². The quantitative estimate of drug-likeness (QED) is 0.247. The first-order chi connectivity index (χ1) is 11.1. The SMILES string of the molecule is CCCCCCCCCCCCO/C=C/O/C=C/OS(=O)(=O)O. The van der Waals surface area contributed by atoms with E-state index in [-0.39, 0.29) is 0 Å². The van der Waals surface area contributed by atoms with Gasteiger partial charge in [-0.1, -0.05) is 64.7 Å². The Hall–Kier alpha value is -1.21. The molecule has 0 amide bonds. The van der Waals surface area contributed by atoms with E-state index in [0.717, 1.165) is 19.1 Å². The first kappa shape index (κ1) is 21.8. The number of hydrogen-bond donors (Lipinski definition) is 1. The first-order valence-corrected chi connectivity index (χ1v) is 9.65. The average molecular weight is 350 g/mol. The lowest BCUT2D eigenvalue weighted by Gasteiger charge is -2.02. The molecule has 0 bridgehead atoms. The minimum absolute atomic E-state index is 0.627. The summed E-state index contributed by atoms with van der Waals surface area (Å²) in [6, 6.07) is 0. The number of unbranched alkanes of at least 4 members (excludes halogenated alkanes) is 9. The molecule has 0 aliphatic heterocycles. The molecule has 0 aromatic heterocycles. The van der Waals surface area contributed by atoms with Gasteiger partial charge in [-0.25, -0.2) is 0 Å². The van der Waals surface area contributed by atoms with Gasteiger partial charge in [-0.05, 0) is 6.42 Å². The van der Waals surface area contributed by atoms with Gasteiger partial charge in [-0.3, -0.25) is 4.55 Å². The second kappa shape index (κ2) is 15.7. The molecule has 0 heterocycles. The van der Waals surface area contributed by atoms with E-state index in [9.17, 15) is 8.42 Å². The maximum Gasteiger partial charge on any atom is 0.446 e.